The van der Waals surface area contributed by atoms with Gasteiger partial charge in [-0.3, -0.25) is 4.79 Å². The summed E-state index contributed by atoms with van der Waals surface area (Å²) in [4.78, 5) is 23.6. The first kappa shape index (κ1) is 21.2. The highest BCUT2D eigenvalue weighted by atomic mass is 19.1. The van der Waals surface area contributed by atoms with Gasteiger partial charge in [0.2, 0.25) is 5.91 Å². The van der Waals surface area contributed by atoms with Crippen LogP contribution in [0.1, 0.15) is 36.4 Å². The van der Waals surface area contributed by atoms with Gasteiger partial charge in [-0.25, -0.2) is 19.0 Å². The fraction of sp³-hybridized carbons (Fsp3) is 0.455. The molecular formula is C22H27FN6O2. The number of amides is 1. The maximum Gasteiger partial charge on any atom is 0.225 e. The fourth-order valence-corrected chi connectivity index (χ4v) is 3.79. The van der Waals surface area contributed by atoms with Crippen LogP contribution in [0.15, 0.2) is 28.7 Å². The topological polar surface area (TPSA) is 89.1 Å². The molecule has 164 valence electrons. The number of likely N-dealkylation sites (tertiary alicyclic amines) is 1. The molecule has 3 aromatic rings. The lowest BCUT2D eigenvalue weighted by Crippen LogP contribution is -2.23. The number of nitrogens with one attached hydrogen (secondary N) is 1. The minimum atomic E-state index is -0.744. The first-order valence-corrected chi connectivity index (χ1v) is 10.5. The molecule has 1 N–H and O–H groups in total. The van der Waals surface area contributed by atoms with Gasteiger partial charge < -0.3 is 14.6 Å². The highest BCUT2D eigenvalue weighted by molar-refractivity contribution is 5.90. The van der Waals surface area contributed by atoms with Crippen LogP contribution >= 0.6 is 0 Å². The van der Waals surface area contributed by atoms with Crippen molar-refractivity contribution in [3.05, 3.63) is 41.4 Å². The fourth-order valence-electron chi connectivity index (χ4n) is 3.79. The second-order valence-electron chi connectivity index (χ2n) is 8.02. The van der Waals surface area contributed by atoms with Crippen molar-refractivity contribution in [2.45, 2.75) is 46.2 Å². The predicted molar refractivity (Wildman–Crippen MR) is 115 cm³/mol. The van der Waals surface area contributed by atoms with Crippen molar-refractivity contribution in [1.29, 1.82) is 0 Å². The number of furan rings is 1. The largest absolute Gasteiger partial charge is 0.458 e. The molecule has 3 aromatic heterocycles. The number of aromatic nitrogens is 4. The van der Waals surface area contributed by atoms with Crippen molar-refractivity contribution in [2.75, 3.05) is 25.0 Å². The van der Waals surface area contributed by atoms with E-state index in [9.17, 15) is 9.18 Å². The summed E-state index contributed by atoms with van der Waals surface area (Å²) in [6, 6.07) is 7.30. The lowest BCUT2D eigenvalue weighted by Gasteiger charge is -2.14. The predicted octanol–water partition coefficient (Wildman–Crippen LogP) is 3.61. The summed E-state index contributed by atoms with van der Waals surface area (Å²) < 4.78 is 20.7. The van der Waals surface area contributed by atoms with Crippen LogP contribution in [0.3, 0.4) is 0 Å². The molecule has 0 radical (unpaired) electrons. The van der Waals surface area contributed by atoms with E-state index in [-0.39, 0.29) is 5.91 Å². The van der Waals surface area contributed by atoms with Gasteiger partial charge in [0.25, 0.3) is 0 Å². The van der Waals surface area contributed by atoms with E-state index in [1.807, 2.05) is 32.9 Å². The third-order valence-electron chi connectivity index (χ3n) is 5.26. The monoisotopic (exact) mass is 426 g/mol. The van der Waals surface area contributed by atoms with Crippen molar-refractivity contribution >= 4 is 11.7 Å². The molecule has 1 atom stereocenters. The number of rotatable bonds is 7. The van der Waals surface area contributed by atoms with E-state index in [0.29, 0.717) is 55.6 Å². The van der Waals surface area contributed by atoms with Gasteiger partial charge in [-0.05, 0) is 58.4 Å². The van der Waals surface area contributed by atoms with Crippen LogP contribution in [0.5, 0.6) is 0 Å². The molecule has 1 unspecified atom stereocenters. The Morgan fingerprint density at radius 3 is 2.74 bits per heavy atom. The van der Waals surface area contributed by atoms with Crippen molar-refractivity contribution in [3.63, 3.8) is 0 Å². The van der Waals surface area contributed by atoms with Crippen LogP contribution in [-0.2, 0) is 4.79 Å². The zero-order valence-corrected chi connectivity index (χ0v) is 18.1. The number of alkyl halides is 1. The summed E-state index contributed by atoms with van der Waals surface area (Å²) in [7, 11) is 0. The Morgan fingerprint density at radius 1 is 1.26 bits per heavy atom. The van der Waals surface area contributed by atoms with Gasteiger partial charge in [0.05, 0.1) is 5.69 Å². The zero-order chi connectivity index (χ0) is 22.0. The first-order valence-electron chi connectivity index (χ1n) is 10.5. The van der Waals surface area contributed by atoms with Crippen LogP contribution < -0.4 is 5.32 Å². The van der Waals surface area contributed by atoms with E-state index in [2.05, 4.69) is 25.3 Å². The zero-order valence-electron chi connectivity index (χ0n) is 18.1. The Labute approximate surface area is 180 Å². The number of carbonyl (C=O) groups is 1. The number of hydrogen-bond acceptors (Lipinski definition) is 6. The summed E-state index contributed by atoms with van der Waals surface area (Å²) in [6.07, 6.45) is 0.837. The molecule has 0 bridgehead atoms. The third-order valence-corrected chi connectivity index (χ3v) is 5.26. The van der Waals surface area contributed by atoms with E-state index >= 15 is 0 Å². The quantitative estimate of drug-likeness (QED) is 0.621. The Balaban J connectivity index is 1.51. The molecule has 4 rings (SSSR count). The van der Waals surface area contributed by atoms with Gasteiger partial charge in [0, 0.05) is 31.3 Å². The van der Waals surface area contributed by atoms with E-state index in [1.165, 1.54) is 0 Å². The second kappa shape index (κ2) is 8.97. The van der Waals surface area contributed by atoms with Crippen molar-refractivity contribution in [3.8, 4) is 17.4 Å². The van der Waals surface area contributed by atoms with Gasteiger partial charge in [-0.2, -0.15) is 5.10 Å². The molecule has 1 aliphatic rings. The molecule has 0 spiro atoms. The molecule has 9 heteroatoms. The Kier molecular flexibility index (Phi) is 6.13. The molecular weight excluding hydrogens is 399 g/mol. The molecule has 1 saturated heterocycles. The number of halogens is 1. The van der Waals surface area contributed by atoms with Gasteiger partial charge in [0.1, 0.15) is 17.7 Å². The lowest BCUT2D eigenvalue weighted by molar-refractivity contribution is -0.116. The van der Waals surface area contributed by atoms with Gasteiger partial charge in [0.15, 0.2) is 17.4 Å². The second-order valence-corrected chi connectivity index (χ2v) is 8.02. The summed E-state index contributed by atoms with van der Waals surface area (Å²) >= 11 is 0. The molecule has 8 nitrogen and oxygen atoms in total. The van der Waals surface area contributed by atoms with Crippen LogP contribution in [0.4, 0.5) is 10.2 Å². The van der Waals surface area contributed by atoms with E-state index in [4.69, 9.17) is 4.42 Å². The molecule has 1 amide bonds. The lowest BCUT2D eigenvalue weighted by atomic mass is 10.3. The van der Waals surface area contributed by atoms with Crippen molar-refractivity contribution in [1.82, 2.24) is 24.6 Å². The van der Waals surface area contributed by atoms with Gasteiger partial charge in [-0.1, -0.05) is 0 Å². The minimum Gasteiger partial charge on any atom is -0.458 e. The average Bonchev–Trinajstić information content (AvgIpc) is 3.42. The Hall–Kier alpha value is -3.07. The Morgan fingerprint density at radius 2 is 2.10 bits per heavy atom. The smallest absolute Gasteiger partial charge is 0.225 e. The standard InChI is InChI=1S/C22H27FN6O2/c1-14-11-15(2)29(27-14)20-12-19(25-22(26-20)18-7-6-16(3)31-18)24-21(30)5-4-9-28-10-8-17(23)13-28/h6-7,11-12,17H,4-5,8-10,13H2,1-3H3,(H,24,25,26,30). The van der Waals surface area contributed by atoms with E-state index < -0.39 is 6.17 Å². The highest BCUT2D eigenvalue weighted by Gasteiger charge is 2.21. The minimum absolute atomic E-state index is 0.143. The number of hydrogen-bond donors (Lipinski definition) is 1. The van der Waals surface area contributed by atoms with Gasteiger partial charge in [-0.15, -0.1) is 0 Å². The van der Waals surface area contributed by atoms with Crippen LogP contribution in [0, 0.1) is 20.8 Å². The molecule has 4 heterocycles. The van der Waals surface area contributed by atoms with Gasteiger partial charge >= 0.3 is 0 Å². The summed E-state index contributed by atoms with van der Waals surface area (Å²) in [6.45, 7) is 7.64. The van der Waals surface area contributed by atoms with E-state index in [0.717, 1.165) is 23.7 Å². The van der Waals surface area contributed by atoms with Crippen molar-refractivity contribution < 1.29 is 13.6 Å². The van der Waals surface area contributed by atoms with Crippen molar-refractivity contribution in [2.24, 2.45) is 0 Å². The normalized spacial score (nSPS) is 16.7. The molecule has 0 saturated carbocycles. The van der Waals surface area contributed by atoms with Crippen LogP contribution in [0.2, 0.25) is 0 Å². The Bertz CT molecular complexity index is 1080. The first-order chi connectivity index (χ1) is 14.9. The summed E-state index contributed by atoms with van der Waals surface area (Å²) in [5.41, 5.74) is 1.79. The maximum atomic E-state index is 13.3. The molecule has 31 heavy (non-hydrogen) atoms. The molecule has 1 fully saturated rings. The third kappa shape index (κ3) is 5.16. The number of nitrogens with zero attached hydrogens (tertiary/aromatic N) is 5. The molecule has 1 aliphatic heterocycles. The number of aryl methyl sites for hydroxylation is 3. The SMILES string of the molecule is Cc1cc(C)n(-c2cc(NC(=O)CCCN3CCC(F)C3)nc(-c3ccc(C)o3)n2)n1. The molecule has 0 aliphatic carbocycles. The summed E-state index contributed by atoms with van der Waals surface area (Å²) in [5, 5.41) is 7.35. The van der Waals surface area contributed by atoms with E-state index in [1.54, 1.807) is 16.8 Å². The molecule has 0 aromatic carbocycles. The number of carbonyl (C=O) groups excluding carboxylic acids is 1. The maximum absolute atomic E-state index is 13.3. The number of anilines is 1. The summed E-state index contributed by atoms with van der Waals surface area (Å²) in [5.74, 6) is 2.43. The highest BCUT2D eigenvalue weighted by Crippen LogP contribution is 2.23. The van der Waals surface area contributed by atoms with Crippen LogP contribution in [0.25, 0.3) is 17.4 Å². The van der Waals surface area contributed by atoms with Crippen LogP contribution in [-0.4, -0.2) is 56.4 Å². The average molecular weight is 426 g/mol.